The van der Waals surface area contributed by atoms with Crippen molar-refractivity contribution in [2.24, 2.45) is 0 Å². The van der Waals surface area contributed by atoms with E-state index < -0.39 is 0 Å². The lowest BCUT2D eigenvalue weighted by Gasteiger charge is -2.18. The number of aryl methyl sites for hydroxylation is 2. The molecule has 0 bridgehead atoms. The fourth-order valence-corrected chi connectivity index (χ4v) is 2.17. The Morgan fingerprint density at radius 1 is 1.05 bits per heavy atom. The molecule has 1 N–H and O–H groups in total. The Morgan fingerprint density at radius 2 is 1.65 bits per heavy atom. The van der Waals surface area contributed by atoms with Crippen LogP contribution in [0.5, 0.6) is 0 Å². The fraction of sp³-hybridized carbons (Fsp3) is 0.235. The quantitative estimate of drug-likeness (QED) is 0.922. The van der Waals surface area contributed by atoms with E-state index in [4.69, 9.17) is 0 Å². The number of para-hydroxylation sites is 1. The van der Waals surface area contributed by atoms with Gasteiger partial charge in [0.2, 0.25) is 5.91 Å². The molecule has 2 rings (SSSR count). The van der Waals surface area contributed by atoms with Crippen LogP contribution in [0.25, 0.3) is 0 Å². The van der Waals surface area contributed by atoms with Gasteiger partial charge in [-0.15, -0.1) is 0 Å². The molecule has 0 aliphatic carbocycles. The van der Waals surface area contributed by atoms with Crippen molar-refractivity contribution in [3.8, 4) is 0 Å². The van der Waals surface area contributed by atoms with Crippen molar-refractivity contribution in [3.63, 3.8) is 0 Å². The van der Waals surface area contributed by atoms with Gasteiger partial charge in [-0.25, -0.2) is 0 Å². The number of hydrogen-bond donors (Lipinski definition) is 1. The van der Waals surface area contributed by atoms with Crippen LogP contribution >= 0.6 is 0 Å². The first-order valence-corrected chi connectivity index (χ1v) is 6.70. The van der Waals surface area contributed by atoms with Gasteiger partial charge in [0.15, 0.2) is 0 Å². The van der Waals surface area contributed by atoms with Gasteiger partial charge in [-0.3, -0.25) is 4.79 Å². The van der Waals surface area contributed by atoms with Gasteiger partial charge in [0.25, 0.3) is 0 Å². The minimum atomic E-state index is 0.0374. The number of nitrogens with one attached hydrogen (secondary N) is 1. The van der Waals surface area contributed by atoms with Crippen LogP contribution in [0.2, 0.25) is 0 Å². The van der Waals surface area contributed by atoms with E-state index in [1.807, 2.05) is 42.5 Å². The first-order valence-electron chi connectivity index (χ1n) is 6.70. The number of likely N-dealkylation sites (N-methyl/N-ethyl adjacent to an activating group) is 1. The van der Waals surface area contributed by atoms with Crippen LogP contribution < -0.4 is 10.2 Å². The number of nitrogens with zero attached hydrogens (tertiary/aromatic N) is 1. The van der Waals surface area contributed by atoms with Crippen molar-refractivity contribution < 1.29 is 4.79 Å². The second-order valence-electron chi connectivity index (χ2n) is 5.02. The summed E-state index contributed by atoms with van der Waals surface area (Å²) >= 11 is 0. The van der Waals surface area contributed by atoms with E-state index in [0.29, 0.717) is 0 Å². The van der Waals surface area contributed by atoms with Crippen molar-refractivity contribution >= 4 is 17.3 Å². The smallest absolute Gasteiger partial charge is 0.246 e. The SMILES string of the molecule is Cc1cc(C)cc(NCC(=O)N(C)c2ccccc2)c1. The molecule has 3 heteroatoms. The Kier molecular flexibility index (Phi) is 4.41. The molecule has 2 aromatic rings. The van der Waals surface area contributed by atoms with Crippen molar-refractivity contribution in [2.45, 2.75) is 13.8 Å². The molecule has 2 aromatic carbocycles. The van der Waals surface area contributed by atoms with Gasteiger partial charge in [0.1, 0.15) is 0 Å². The predicted molar refractivity (Wildman–Crippen MR) is 84.3 cm³/mol. The molecule has 0 saturated heterocycles. The summed E-state index contributed by atoms with van der Waals surface area (Å²) in [5, 5.41) is 3.19. The van der Waals surface area contributed by atoms with Crippen LogP contribution in [0.1, 0.15) is 11.1 Å². The lowest BCUT2D eigenvalue weighted by molar-refractivity contribution is -0.116. The average Bonchev–Trinajstić information content (AvgIpc) is 2.44. The second kappa shape index (κ2) is 6.24. The fourth-order valence-electron chi connectivity index (χ4n) is 2.17. The summed E-state index contributed by atoms with van der Waals surface area (Å²) < 4.78 is 0. The van der Waals surface area contributed by atoms with Crippen molar-refractivity contribution in [3.05, 3.63) is 59.7 Å². The Balaban J connectivity index is 1.98. The first kappa shape index (κ1) is 14.1. The van der Waals surface area contributed by atoms with Crippen LogP contribution in [0, 0.1) is 13.8 Å². The molecular weight excluding hydrogens is 248 g/mol. The minimum absolute atomic E-state index is 0.0374. The molecule has 0 unspecified atom stereocenters. The highest BCUT2D eigenvalue weighted by atomic mass is 16.2. The summed E-state index contributed by atoms with van der Waals surface area (Å²) in [5.74, 6) is 0.0374. The lowest BCUT2D eigenvalue weighted by Crippen LogP contribution is -2.32. The Morgan fingerprint density at radius 3 is 2.25 bits per heavy atom. The van der Waals surface area contributed by atoms with E-state index in [0.717, 1.165) is 11.4 Å². The molecule has 0 atom stereocenters. The van der Waals surface area contributed by atoms with Gasteiger partial charge in [-0.05, 0) is 49.2 Å². The van der Waals surface area contributed by atoms with Crippen LogP contribution in [-0.4, -0.2) is 19.5 Å². The number of rotatable bonds is 4. The third kappa shape index (κ3) is 3.60. The van der Waals surface area contributed by atoms with Crippen LogP contribution in [0.3, 0.4) is 0 Å². The van der Waals surface area contributed by atoms with Gasteiger partial charge < -0.3 is 10.2 Å². The molecular formula is C17H20N2O. The molecule has 3 nitrogen and oxygen atoms in total. The summed E-state index contributed by atoms with van der Waals surface area (Å²) in [5.41, 5.74) is 4.27. The molecule has 0 aliphatic heterocycles. The highest BCUT2D eigenvalue weighted by Gasteiger charge is 2.10. The largest absolute Gasteiger partial charge is 0.376 e. The molecule has 0 fully saturated rings. The summed E-state index contributed by atoms with van der Waals surface area (Å²) in [6.45, 7) is 4.39. The molecule has 0 saturated carbocycles. The second-order valence-corrected chi connectivity index (χ2v) is 5.02. The molecule has 20 heavy (non-hydrogen) atoms. The van der Waals surface area contributed by atoms with Crippen LogP contribution in [-0.2, 0) is 4.79 Å². The zero-order valence-electron chi connectivity index (χ0n) is 12.2. The molecule has 0 aliphatic rings. The molecule has 0 aromatic heterocycles. The summed E-state index contributed by atoms with van der Waals surface area (Å²) in [6, 6.07) is 15.8. The van der Waals surface area contributed by atoms with Gasteiger partial charge in [-0.1, -0.05) is 24.3 Å². The third-order valence-corrected chi connectivity index (χ3v) is 3.18. The highest BCUT2D eigenvalue weighted by Crippen LogP contribution is 2.14. The Labute approximate surface area is 120 Å². The van der Waals surface area contributed by atoms with E-state index >= 15 is 0 Å². The zero-order chi connectivity index (χ0) is 14.5. The van der Waals surface area contributed by atoms with Gasteiger partial charge in [0.05, 0.1) is 6.54 Å². The average molecular weight is 268 g/mol. The number of carbonyl (C=O) groups excluding carboxylic acids is 1. The van der Waals surface area contributed by atoms with Gasteiger partial charge in [0, 0.05) is 18.4 Å². The maximum atomic E-state index is 12.2. The minimum Gasteiger partial charge on any atom is -0.376 e. The molecule has 104 valence electrons. The van der Waals surface area contributed by atoms with Gasteiger partial charge in [-0.2, -0.15) is 0 Å². The van der Waals surface area contributed by atoms with Crippen molar-refractivity contribution in [1.82, 2.24) is 0 Å². The summed E-state index contributed by atoms with van der Waals surface area (Å²) in [6.07, 6.45) is 0. The maximum absolute atomic E-state index is 12.2. The summed E-state index contributed by atoms with van der Waals surface area (Å²) in [7, 11) is 1.79. The topological polar surface area (TPSA) is 32.3 Å². The monoisotopic (exact) mass is 268 g/mol. The highest BCUT2D eigenvalue weighted by molar-refractivity contribution is 5.95. The molecule has 0 spiro atoms. The number of amides is 1. The molecule has 0 heterocycles. The normalized spacial score (nSPS) is 10.2. The van der Waals surface area contributed by atoms with Crippen LogP contribution in [0.15, 0.2) is 48.5 Å². The molecule has 1 amide bonds. The van der Waals surface area contributed by atoms with E-state index in [9.17, 15) is 4.79 Å². The predicted octanol–water partition coefficient (Wildman–Crippen LogP) is 3.38. The van der Waals surface area contributed by atoms with E-state index in [1.54, 1.807) is 11.9 Å². The number of anilines is 2. The van der Waals surface area contributed by atoms with Crippen molar-refractivity contribution in [2.75, 3.05) is 23.8 Å². The Hall–Kier alpha value is -2.29. The van der Waals surface area contributed by atoms with E-state index in [-0.39, 0.29) is 12.5 Å². The third-order valence-electron chi connectivity index (χ3n) is 3.18. The standard InChI is InChI=1S/C17H20N2O/c1-13-9-14(2)11-15(10-13)18-12-17(20)19(3)16-7-5-4-6-8-16/h4-11,18H,12H2,1-3H3. The maximum Gasteiger partial charge on any atom is 0.246 e. The number of hydrogen-bond acceptors (Lipinski definition) is 2. The van der Waals surface area contributed by atoms with E-state index in [1.165, 1.54) is 11.1 Å². The lowest BCUT2D eigenvalue weighted by atomic mass is 10.1. The zero-order valence-corrected chi connectivity index (χ0v) is 12.2. The molecule has 0 radical (unpaired) electrons. The first-order chi connectivity index (χ1) is 9.56. The van der Waals surface area contributed by atoms with Gasteiger partial charge >= 0.3 is 0 Å². The summed E-state index contributed by atoms with van der Waals surface area (Å²) in [4.78, 5) is 13.8. The van der Waals surface area contributed by atoms with Crippen LogP contribution in [0.4, 0.5) is 11.4 Å². The number of carbonyl (C=O) groups is 1. The van der Waals surface area contributed by atoms with Crippen molar-refractivity contribution in [1.29, 1.82) is 0 Å². The van der Waals surface area contributed by atoms with E-state index in [2.05, 4.69) is 25.2 Å². The number of benzene rings is 2. The Bertz CT molecular complexity index is 573.